The molecule has 1 fully saturated rings. The Balaban J connectivity index is 2.57. The molecule has 0 aliphatic carbocycles. The van der Waals surface area contributed by atoms with E-state index < -0.39 is 0 Å². The highest BCUT2D eigenvalue weighted by atomic mass is 15.2. The van der Waals surface area contributed by atoms with Crippen LogP contribution in [-0.4, -0.2) is 31.1 Å². The van der Waals surface area contributed by atoms with Gasteiger partial charge in [-0.2, -0.15) is 0 Å². The lowest BCUT2D eigenvalue weighted by Gasteiger charge is -2.30. The summed E-state index contributed by atoms with van der Waals surface area (Å²) in [5, 5.41) is 3.35. The molecule has 0 radical (unpaired) electrons. The summed E-state index contributed by atoms with van der Waals surface area (Å²) in [7, 11) is 0. The van der Waals surface area contributed by atoms with E-state index in [-0.39, 0.29) is 0 Å². The van der Waals surface area contributed by atoms with Crippen molar-refractivity contribution in [2.45, 2.75) is 13.8 Å². The van der Waals surface area contributed by atoms with Crippen molar-refractivity contribution >= 4 is 0 Å². The fourth-order valence-corrected chi connectivity index (χ4v) is 1.53. The predicted molar refractivity (Wildman–Crippen MR) is 62.2 cm³/mol. The molecule has 2 heteroatoms. The highest BCUT2D eigenvalue weighted by Gasteiger charge is 2.09. The summed E-state index contributed by atoms with van der Waals surface area (Å²) in [4.78, 5) is 2.40. The molecule has 0 aromatic heterocycles. The van der Waals surface area contributed by atoms with Crippen molar-refractivity contribution in [3.05, 3.63) is 36.1 Å². The minimum absolute atomic E-state index is 1.08. The molecular weight excluding hydrogens is 172 g/mol. The van der Waals surface area contributed by atoms with Gasteiger partial charge >= 0.3 is 0 Å². The van der Waals surface area contributed by atoms with Crippen LogP contribution in [0.15, 0.2) is 36.1 Å². The van der Waals surface area contributed by atoms with Crippen molar-refractivity contribution in [3.8, 4) is 0 Å². The van der Waals surface area contributed by atoms with Crippen LogP contribution in [0, 0.1) is 0 Å². The third-order valence-electron chi connectivity index (χ3n) is 2.32. The number of nitrogens with one attached hydrogen (secondary N) is 1. The molecule has 1 heterocycles. The van der Waals surface area contributed by atoms with Crippen LogP contribution in [0.4, 0.5) is 0 Å². The molecule has 1 saturated heterocycles. The molecule has 1 rings (SSSR count). The van der Waals surface area contributed by atoms with E-state index in [1.165, 1.54) is 5.70 Å². The van der Waals surface area contributed by atoms with E-state index in [1.54, 1.807) is 0 Å². The Labute approximate surface area is 87.0 Å². The fraction of sp³-hybridized carbons (Fsp3) is 0.500. The van der Waals surface area contributed by atoms with Crippen LogP contribution in [0.5, 0.6) is 0 Å². The van der Waals surface area contributed by atoms with Crippen LogP contribution in [0.2, 0.25) is 0 Å². The van der Waals surface area contributed by atoms with Gasteiger partial charge in [0.2, 0.25) is 0 Å². The van der Waals surface area contributed by atoms with E-state index in [0.29, 0.717) is 0 Å². The molecular formula is C12H20N2. The average Bonchev–Trinajstić information content (AvgIpc) is 2.20. The van der Waals surface area contributed by atoms with Gasteiger partial charge in [-0.15, -0.1) is 0 Å². The third kappa shape index (κ3) is 3.38. The standard InChI is InChI=1S/C12H20N2/c1-4-12(6-5-11(2)3)14-9-7-13-8-10-14/h4-6,13H,2,7-10H2,1,3H3/b6-5-,12-4+. The minimum Gasteiger partial charge on any atom is -0.369 e. The van der Waals surface area contributed by atoms with E-state index in [4.69, 9.17) is 0 Å². The van der Waals surface area contributed by atoms with Gasteiger partial charge in [0.05, 0.1) is 0 Å². The summed E-state index contributed by atoms with van der Waals surface area (Å²) in [5.74, 6) is 0. The molecule has 0 unspecified atom stereocenters. The molecule has 78 valence electrons. The third-order valence-corrected chi connectivity index (χ3v) is 2.32. The number of hydrogen-bond acceptors (Lipinski definition) is 2. The summed E-state index contributed by atoms with van der Waals surface area (Å²) in [6.45, 7) is 12.3. The van der Waals surface area contributed by atoms with E-state index >= 15 is 0 Å². The average molecular weight is 192 g/mol. The van der Waals surface area contributed by atoms with Crippen molar-refractivity contribution in [2.24, 2.45) is 0 Å². The molecule has 14 heavy (non-hydrogen) atoms. The molecule has 0 saturated carbocycles. The number of hydrogen-bond donors (Lipinski definition) is 1. The van der Waals surface area contributed by atoms with Gasteiger partial charge in [-0.1, -0.05) is 24.3 Å². The minimum atomic E-state index is 1.08. The molecule has 1 aliphatic rings. The first kappa shape index (κ1) is 11.1. The number of nitrogens with zero attached hydrogens (tertiary/aromatic N) is 1. The Morgan fingerprint density at radius 2 is 1.93 bits per heavy atom. The van der Waals surface area contributed by atoms with Crippen LogP contribution >= 0.6 is 0 Å². The molecule has 0 aromatic rings. The lowest BCUT2D eigenvalue weighted by atomic mass is 10.2. The SMILES string of the molecule is C=C(C)/C=C\C(=C/C)N1CCNCC1. The molecule has 0 amide bonds. The second kappa shape index (κ2) is 5.66. The summed E-state index contributed by atoms with van der Waals surface area (Å²) < 4.78 is 0. The van der Waals surface area contributed by atoms with Crippen LogP contribution < -0.4 is 5.32 Å². The van der Waals surface area contributed by atoms with Gasteiger partial charge in [-0.25, -0.2) is 0 Å². The zero-order valence-electron chi connectivity index (χ0n) is 9.21. The van der Waals surface area contributed by atoms with Crippen LogP contribution in [0.3, 0.4) is 0 Å². The Morgan fingerprint density at radius 3 is 2.43 bits per heavy atom. The maximum atomic E-state index is 3.86. The van der Waals surface area contributed by atoms with Crippen LogP contribution in [-0.2, 0) is 0 Å². The molecule has 2 nitrogen and oxygen atoms in total. The largest absolute Gasteiger partial charge is 0.369 e. The van der Waals surface area contributed by atoms with E-state index in [0.717, 1.165) is 31.8 Å². The smallest absolute Gasteiger partial charge is 0.0323 e. The van der Waals surface area contributed by atoms with Gasteiger partial charge < -0.3 is 10.2 Å². The summed E-state index contributed by atoms with van der Waals surface area (Å²) in [5.41, 5.74) is 2.40. The molecule has 0 aromatic carbocycles. The molecule has 1 aliphatic heterocycles. The zero-order chi connectivity index (χ0) is 10.4. The quantitative estimate of drug-likeness (QED) is 0.687. The van der Waals surface area contributed by atoms with Crippen molar-refractivity contribution in [3.63, 3.8) is 0 Å². The molecule has 1 N–H and O–H groups in total. The monoisotopic (exact) mass is 192 g/mol. The summed E-state index contributed by atoms with van der Waals surface area (Å²) in [6, 6.07) is 0. The van der Waals surface area contributed by atoms with Gasteiger partial charge in [-0.3, -0.25) is 0 Å². The van der Waals surface area contributed by atoms with E-state index in [9.17, 15) is 0 Å². The Kier molecular flexibility index (Phi) is 4.47. The van der Waals surface area contributed by atoms with Crippen LogP contribution in [0.25, 0.3) is 0 Å². The number of piperazine rings is 1. The Bertz CT molecular complexity index is 245. The van der Waals surface area contributed by atoms with E-state index in [2.05, 4.69) is 41.9 Å². The van der Waals surface area contributed by atoms with Gasteiger partial charge in [-0.05, 0) is 19.9 Å². The maximum Gasteiger partial charge on any atom is 0.0323 e. The Morgan fingerprint density at radius 1 is 1.29 bits per heavy atom. The first-order valence-corrected chi connectivity index (χ1v) is 5.19. The summed E-state index contributed by atoms with van der Waals surface area (Å²) >= 11 is 0. The fourth-order valence-electron chi connectivity index (χ4n) is 1.53. The number of rotatable bonds is 3. The second-order valence-corrected chi connectivity index (χ2v) is 3.63. The first-order chi connectivity index (χ1) is 6.74. The van der Waals surface area contributed by atoms with Gasteiger partial charge in [0, 0.05) is 31.9 Å². The maximum absolute atomic E-state index is 3.86. The topological polar surface area (TPSA) is 15.3 Å². The second-order valence-electron chi connectivity index (χ2n) is 3.63. The van der Waals surface area contributed by atoms with Crippen molar-refractivity contribution < 1.29 is 0 Å². The van der Waals surface area contributed by atoms with E-state index in [1.807, 2.05) is 6.92 Å². The zero-order valence-corrected chi connectivity index (χ0v) is 9.21. The normalized spacial score (nSPS) is 19.0. The van der Waals surface area contributed by atoms with Crippen molar-refractivity contribution in [1.29, 1.82) is 0 Å². The van der Waals surface area contributed by atoms with Crippen LogP contribution in [0.1, 0.15) is 13.8 Å². The predicted octanol–water partition coefficient (Wildman–Crippen LogP) is 1.93. The van der Waals surface area contributed by atoms with Gasteiger partial charge in [0.25, 0.3) is 0 Å². The van der Waals surface area contributed by atoms with Gasteiger partial charge in [0.1, 0.15) is 0 Å². The van der Waals surface area contributed by atoms with Crippen molar-refractivity contribution in [2.75, 3.05) is 26.2 Å². The Hall–Kier alpha value is -1.02. The number of allylic oxidation sites excluding steroid dienone is 4. The lowest BCUT2D eigenvalue weighted by Crippen LogP contribution is -2.42. The highest BCUT2D eigenvalue weighted by molar-refractivity contribution is 5.24. The molecule has 0 bridgehead atoms. The van der Waals surface area contributed by atoms with Gasteiger partial charge in [0.15, 0.2) is 0 Å². The molecule has 0 atom stereocenters. The van der Waals surface area contributed by atoms with Crippen molar-refractivity contribution in [1.82, 2.24) is 10.2 Å². The summed E-state index contributed by atoms with van der Waals surface area (Å²) in [6.07, 6.45) is 6.37. The lowest BCUT2D eigenvalue weighted by molar-refractivity contribution is 0.307. The first-order valence-electron chi connectivity index (χ1n) is 5.19. The highest BCUT2D eigenvalue weighted by Crippen LogP contribution is 2.08. The molecule has 0 spiro atoms.